The molecule has 1 aromatic carbocycles. The first kappa shape index (κ1) is 15.0. The van der Waals surface area contributed by atoms with Crippen LogP contribution in [0.1, 0.15) is 37.5 Å². The van der Waals surface area contributed by atoms with Gasteiger partial charge >= 0.3 is 0 Å². The highest BCUT2D eigenvalue weighted by Crippen LogP contribution is 2.24. The van der Waals surface area contributed by atoms with Crippen molar-refractivity contribution in [3.63, 3.8) is 0 Å². The van der Waals surface area contributed by atoms with Gasteiger partial charge in [-0.2, -0.15) is 0 Å². The summed E-state index contributed by atoms with van der Waals surface area (Å²) in [5, 5.41) is 3.52. The molecule has 0 fully saturated rings. The van der Waals surface area contributed by atoms with Gasteiger partial charge in [-0.15, -0.1) is 6.58 Å². The van der Waals surface area contributed by atoms with Crippen LogP contribution in [0.4, 0.5) is 0 Å². The lowest BCUT2D eigenvalue weighted by Gasteiger charge is -2.28. The van der Waals surface area contributed by atoms with Crippen molar-refractivity contribution in [3.8, 4) is 0 Å². The van der Waals surface area contributed by atoms with Gasteiger partial charge in [-0.05, 0) is 25.8 Å². The van der Waals surface area contributed by atoms with E-state index in [9.17, 15) is 0 Å². The maximum absolute atomic E-state index is 4.01. The molecule has 0 saturated carbocycles. The van der Waals surface area contributed by atoms with Crippen LogP contribution in [0.15, 0.2) is 30.9 Å². The standard InChI is InChI=1S/C17H27N/c1-7-17(6,12-18-13(2)3)11-16-9-14(4)8-15(5)10-16/h7-10,13,18H,1,11-12H2,2-6H3. The minimum absolute atomic E-state index is 0.116. The van der Waals surface area contributed by atoms with Crippen LogP contribution in [-0.2, 0) is 6.42 Å². The first-order chi connectivity index (χ1) is 8.34. The molecule has 0 aromatic heterocycles. The molecule has 1 nitrogen and oxygen atoms in total. The Morgan fingerprint density at radius 1 is 1.22 bits per heavy atom. The van der Waals surface area contributed by atoms with Crippen molar-refractivity contribution in [1.29, 1.82) is 0 Å². The van der Waals surface area contributed by atoms with E-state index in [1.807, 2.05) is 0 Å². The fourth-order valence-electron chi connectivity index (χ4n) is 2.28. The Morgan fingerprint density at radius 2 is 1.78 bits per heavy atom. The molecule has 0 aliphatic rings. The van der Waals surface area contributed by atoms with Crippen molar-refractivity contribution in [2.75, 3.05) is 6.54 Å². The molecule has 1 atom stereocenters. The van der Waals surface area contributed by atoms with E-state index in [1.165, 1.54) is 16.7 Å². The molecule has 1 aromatic rings. The fourth-order valence-corrected chi connectivity index (χ4v) is 2.28. The predicted octanol–water partition coefficient (Wildman–Crippen LogP) is 4.04. The first-order valence-electron chi connectivity index (χ1n) is 6.79. The van der Waals surface area contributed by atoms with Crippen molar-refractivity contribution in [1.82, 2.24) is 5.32 Å². The lowest BCUT2D eigenvalue weighted by atomic mass is 9.83. The molecule has 1 N–H and O–H groups in total. The zero-order valence-electron chi connectivity index (χ0n) is 12.5. The SMILES string of the molecule is C=CC(C)(CNC(C)C)Cc1cc(C)cc(C)c1. The summed E-state index contributed by atoms with van der Waals surface area (Å²) in [5.74, 6) is 0. The Hall–Kier alpha value is -1.08. The molecule has 0 aliphatic heterocycles. The van der Waals surface area contributed by atoms with E-state index in [0.717, 1.165) is 13.0 Å². The summed E-state index contributed by atoms with van der Waals surface area (Å²) in [4.78, 5) is 0. The van der Waals surface area contributed by atoms with E-state index < -0.39 is 0 Å². The highest BCUT2D eigenvalue weighted by atomic mass is 14.9. The number of hydrogen-bond acceptors (Lipinski definition) is 1. The molecule has 0 radical (unpaired) electrons. The summed E-state index contributed by atoms with van der Waals surface area (Å²) < 4.78 is 0. The summed E-state index contributed by atoms with van der Waals surface area (Å²) in [6.07, 6.45) is 3.12. The molecular formula is C17H27N. The Labute approximate surface area is 112 Å². The molecule has 0 saturated heterocycles. The molecule has 0 aliphatic carbocycles. The van der Waals surface area contributed by atoms with Crippen molar-refractivity contribution in [2.24, 2.45) is 5.41 Å². The van der Waals surface area contributed by atoms with E-state index in [-0.39, 0.29) is 5.41 Å². The van der Waals surface area contributed by atoms with Gasteiger partial charge < -0.3 is 5.32 Å². The van der Waals surface area contributed by atoms with Crippen LogP contribution in [0.2, 0.25) is 0 Å². The third-order valence-corrected chi connectivity index (χ3v) is 3.30. The molecule has 18 heavy (non-hydrogen) atoms. The van der Waals surface area contributed by atoms with Crippen LogP contribution in [0, 0.1) is 19.3 Å². The molecule has 0 spiro atoms. The summed E-state index contributed by atoms with van der Waals surface area (Å²) in [5.41, 5.74) is 4.20. The highest BCUT2D eigenvalue weighted by molar-refractivity contribution is 5.29. The highest BCUT2D eigenvalue weighted by Gasteiger charge is 2.21. The van der Waals surface area contributed by atoms with Crippen molar-refractivity contribution in [2.45, 2.75) is 47.1 Å². The largest absolute Gasteiger partial charge is 0.314 e. The van der Waals surface area contributed by atoms with Gasteiger partial charge in [0.15, 0.2) is 0 Å². The summed E-state index contributed by atoms with van der Waals surface area (Å²) in [6, 6.07) is 7.30. The molecular weight excluding hydrogens is 218 g/mol. The number of nitrogens with one attached hydrogen (secondary N) is 1. The maximum atomic E-state index is 4.01. The zero-order valence-corrected chi connectivity index (χ0v) is 12.5. The van der Waals surface area contributed by atoms with Crippen molar-refractivity contribution < 1.29 is 0 Å². The van der Waals surface area contributed by atoms with Gasteiger partial charge in [0, 0.05) is 18.0 Å². The number of benzene rings is 1. The normalized spacial score (nSPS) is 14.6. The van der Waals surface area contributed by atoms with Crippen molar-refractivity contribution in [3.05, 3.63) is 47.5 Å². The van der Waals surface area contributed by atoms with Gasteiger partial charge in [-0.1, -0.05) is 56.2 Å². The second kappa shape index (κ2) is 6.19. The molecule has 1 rings (SSSR count). The van der Waals surface area contributed by atoms with Gasteiger partial charge in [-0.25, -0.2) is 0 Å². The number of aryl methyl sites for hydroxylation is 2. The third-order valence-electron chi connectivity index (χ3n) is 3.30. The van der Waals surface area contributed by atoms with Crippen LogP contribution in [-0.4, -0.2) is 12.6 Å². The minimum atomic E-state index is 0.116. The lowest BCUT2D eigenvalue weighted by Crippen LogP contribution is -2.35. The van der Waals surface area contributed by atoms with Gasteiger partial charge in [0.05, 0.1) is 0 Å². The molecule has 1 unspecified atom stereocenters. The predicted molar refractivity (Wildman–Crippen MR) is 81.1 cm³/mol. The topological polar surface area (TPSA) is 12.0 Å². The Bertz CT molecular complexity index is 386. The van der Waals surface area contributed by atoms with E-state index in [1.54, 1.807) is 0 Å². The van der Waals surface area contributed by atoms with Crippen LogP contribution in [0.3, 0.4) is 0 Å². The monoisotopic (exact) mass is 245 g/mol. The second-order valence-corrected chi connectivity index (χ2v) is 6.07. The minimum Gasteiger partial charge on any atom is -0.314 e. The Kier molecular flexibility index (Phi) is 5.15. The van der Waals surface area contributed by atoms with Crippen LogP contribution >= 0.6 is 0 Å². The van der Waals surface area contributed by atoms with Crippen LogP contribution < -0.4 is 5.32 Å². The zero-order chi connectivity index (χ0) is 13.8. The second-order valence-electron chi connectivity index (χ2n) is 6.07. The molecule has 1 heteroatoms. The van der Waals surface area contributed by atoms with Gasteiger partial charge in [0.25, 0.3) is 0 Å². The number of hydrogen-bond donors (Lipinski definition) is 1. The quantitative estimate of drug-likeness (QED) is 0.746. The summed E-state index contributed by atoms with van der Waals surface area (Å²) in [7, 11) is 0. The summed E-state index contributed by atoms with van der Waals surface area (Å²) >= 11 is 0. The van der Waals surface area contributed by atoms with Gasteiger partial charge in [0.1, 0.15) is 0 Å². The van der Waals surface area contributed by atoms with E-state index in [2.05, 4.69) is 70.8 Å². The Balaban J connectivity index is 2.80. The Morgan fingerprint density at radius 3 is 2.22 bits per heavy atom. The van der Waals surface area contributed by atoms with Crippen molar-refractivity contribution >= 4 is 0 Å². The van der Waals surface area contributed by atoms with Gasteiger partial charge in [-0.3, -0.25) is 0 Å². The molecule has 0 heterocycles. The average molecular weight is 245 g/mol. The van der Waals surface area contributed by atoms with E-state index in [4.69, 9.17) is 0 Å². The van der Waals surface area contributed by atoms with Crippen LogP contribution in [0.5, 0.6) is 0 Å². The smallest absolute Gasteiger partial charge is 0.00453 e. The average Bonchev–Trinajstić information content (AvgIpc) is 2.25. The fraction of sp³-hybridized carbons (Fsp3) is 0.529. The van der Waals surface area contributed by atoms with Gasteiger partial charge in [0.2, 0.25) is 0 Å². The van der Waals surface area contributed by atoms with E-state index >= 15 is 0 Å². The molecule has 100 valence electrons. The number of rotatable bonds is 6. The third kappa shape index (κ3) is 4.66. The first-order valence-corrected chi connectivity index (χ1v) is 6.79. The summed E-state index contributed by atoms with van der Waals surface area (Å²) in [6.45, 7) is 15.9. The maximum Gasteiger partial charge on any atom is 0.00453 e. The van der Waals surface area contributed by atoms with E-state index in [0.29, 0.717) is 6.04 Å². The van der Waals surface area contributed by atoms with Crippen LogP contribution in [0.25, 0.3) is 0 Å². The lowest BCUT2D eigenvalue weighted by molar-refractivity contribution is 0.373. The molecule has 0 bridgehead atoms. The molecule has 0 amide bonds.